The van der Waals surface area contributed by atoms with E-state index in [2.05, 4.69) is 10.3 Å². The third-order valence-electron chi connectivity index (χ3n) is 2.48. The Balaban J connectivity index is 1.91. The zero-order chi connectivity index (χ0) is 15.2. The number of anilines is 1. The molecule has 0 bridgehead atoms. The molecule has 1 amide bonds. The van der Waals surface area contributed by atoms with Crippen LogP contribution in [0.4, 0.5) is 14.5 Å². The molecule has 21 heavy (non-hydrogen) atoms. The van der Waals surface area contributed by atoms with Crippen molar-refractivity contribution < 1.29 is 18.3 Å². The average molecular weight is 310 g/mol. The van der Waals surface area contributed by atoms with E-state index in [-0.39, 0.29) is 16.6 Å². The quantitative estimate of drug-likeness (QED) is 0.862. The Labute approximate surface area is 124 Å². The zero-order valence-corrected chi connectivity index (χ0v) is 11.9. The maximum Gasteiger partial charge on any atom is 0.234 e. The summed E-state index contributed by atoms with van der Waals surface area (Å²) in [6.07, 6.45) is 1.45. The van der Waals surface area contributed by atoms with Gasteiger partial charge in [-0.25, -0.2) is 13.8 Å². The molecule has 0 radical (unpaired) electrons. The third kappa shape index (κ3) is 4.42. The zero-order valence-electron chi connectivity index (χ0n) is 11.1. The van der Waals surface area contributed by atoms with Crippen molar-refractivity contribution in [3.8, 4) is 5.88 Å². The molecule has 0 aliphatic carbocycles. The van der Waals surface area contributed by atoms with Crippen LogP contribution in [0.5, 0.6) is 5.88 Å². The predicted molar refractivity (Wildman–Crippen MR) is 76.5 cm³/mol. The summed E-state index contributed by atoms with van der Waals surface area (Å²) in [5.41, 5.74) is 0.501. The Kier molecular flexibility index (Phi) is 5.10. The molecule has 1 heterocycles. The molecule has 4 nitrogen and oxygen atoms in total. The summed E-state index contributed by atoms with van der Waals surface area (Å²) < 4.78 is 31.3. The molecule has 0 unspecified atom stereocenters. The number of hydrogen-bond donors (Lipinski definition) is 1. The van der Waals surface area contributed by atoms with Crippen molar-refractivity contribution in [3.63, 3.8) is 0 Å². The van der Waals surface area contributed by atoms with Gasteiger partial charge in [-0.2, -0.15) is 0 Å². The molecule has 1 aromatic carbocycles. The lowest BCUT2D eigenvalue weighted by molar-refractivity contribution is -0.113. The standard InChI is InChI=1S/C14H12F2N2O2S/c1-20-14-5-3-10(7-17-14)18-13(19)8-21-12-6-9(15)2-4-11(12)16/h2-7H,8H2,1H3,(H,18,19). The van der Waals surface area contributed by atoms with Gasteiger partial charge in [0, 0.05) is 11.0 Å². The molecular formula is C14H12F2N2O2S. The number of amides is 1. The van der Waals surface area contributed by atoms with Gasteiger partial charge in [-0.1, -0.05) is 0 Å². The van der Waals surface area contributed by atoms with Crippen molar-refractivity contribution in [3.05, 3.63) is 48.2 Å². The van der Waals surface area contributed by atoms with Crippen LogP contribution in [0.3, 0.4) is 0 Å². The lowest BCUT2D eigenvalue weighted by atomic mass is 10.3. The number of pyridine rings is 1. The Morgan fingerprint density at radius 2 is 2.14 bits per heavy atom. The minimum absolute atomic E-state index is 0.0353. The number of carbonyl (C=O) groups excluding carboxylic acids is 1. The molecule has 0 saturated carbocycles. The first-order valence-electron chi connectivity index (χ1n) is 5.96. The SMILES string of the molecule is COc1ccc(NC(=O)CSc2cc(F)ccc2F)cn1. The molecule has 2 aromatic rings. The van der Waals surface area contributed by atoms with Crippen LogP contribution in [-0.2, 0) is 4.79 Å². The van der Waals surface area contributed by atoms with Crippen molar-refractivity contribution in [2.75, 3.05) is 18.2 Å². The van der Waals surface area contributed by atoms with Crippen molar-refractivity contribution in [2.45, 2.75) is 4.90 Å². The first-order valence-corrected chi connectivity index (χ1v) is 6.95. The molecule has 110 valence electrons. The molecule has 0 aliphatic rings. The van der Waals surface area contributed by atoms with E-state index in [1.54, 1.807) is 12.1 Å². The van der Waals surface area contributed by atoms with E-state index < -0.39 is 11.6 Å². The van der Waals surface area contributed by atoms with E-state index >= 15 is 0 Å². The molecule has 1 N–H and O–H groups in total. The van der Waals surface area contributed by atoms with Gasteiger partial charge in [0.25, 0.3) is 0 Å². The number of nitrogens with one attached hydrogen (secondary N) is 1. The number of hydrogen-bond acceptors (Lipinski definition) is 4. The second-order valence-corrected chi connectivity index (χ2v) is 5.02. The second kappa shape index (κ2) is 7.03. The fourth-order valence-electron chi connectivity index (χ4n) is 1.50. The minimum atomic E-state index is -0.555. The highest BCUT2D eigenvalue weighted by Crippen LogP contribution is 2.22. The summed E-state index contributed by atoms with van der Waals surface area (Å²) in [6.45, 7) is 0. The van der Waals surface area contributed by atoms with E-state index in [4.69, 9.17) is 4.74 Å². The predicted octanol–water partition coefficient (Wildman–Crippen LogP) is 3.10. The summed E-state index contributed by atoms with van der Waals surface area (Å²) in [4.78, 5) is 15.8. The second-order valence-electron chi connectivity index (χ2n) is 4.00. The van der Waals surface area contributed by atoms with Crippen LogP contribution in [0.25, 0.3) is 0 Å². The highest BCUT2D eigenvalue weighted by atomic mass is 32.2. The molecule has 2 rings (SSSR count). The van der Waals surface area contributed by atoms with Crippen molar-refractivity contribution >= 4 is 23.4 Å². The Hall–Kier alpha value is -2.15. The fourth-order valence-corrected chi connectivity index (χ4v) is 2.26. The smallest absolute Gasteiger partial charge is 0.234 e. The van der Waals surface area contributed by atoms with Crippen LogP contribution >= 0.6 is 11.8 Å². The van der Waals surface area contributed by atoms with E-state index in [1.165, 1.54) is 13.3 Å². The number of methoxy groups -OCH3 is 1. The molecule has 0 spiro atoms. The maximum atomic E-state index is 13.4. The summed E-state index contributed by atoms with van der Waals surface area (Å²) in [7, 11) is 1.49. The van der Waals surface area contributed by atoms with Gasteiger partial charge in [-0.15, -0.1) is 11.8 Å². The van der Waals surface area contributed by atoms with Crippen molar-refractivity contribution in [2.24, 2.45) is 0 Å². The molecule has 0 fully saturated rings. The minimum Gasteiger partial charge on any atom is -0.481 e. The lowest BCUT2D eigenvalue weighted by Crippen LogP contribution is -2.14. The first kappa shape index (κ1) is 15.2. The van der Waals surface area contributed by atoms with Gasteiger partial charge >= 0.3 is 0 Å². The van der Waals surface area contributed by atoms with Crippen LogP contribution in [0.1, 0.15) is 0 Å². The van der Waals surface area contributed by atoms with Gasteiger partial charge in [-0.05, 0) is 24.3 Å². The number of ether oxygens (including phenoxy) is 1. The maximum absolute atomic E-state index is 13.4. The summed E-state index contributed by atoms with van der Waals surface area (Å²) in [6, 6.07) is 6.36. The summed E-state index contributed by atoms with van der Waals surface area (Å²) in [5.74, 6) is -1.04. The highest BCUT2D eigenvalue weighted by Gasteiger charge is 2.08. The number of nitrogens with zero attached hydrogens (tertiary/aromatic N) is 1. The van der Waals surface area contributed by atoms with Crippen LogP contribution in [0.2, 0.25) is 0 Å². The largest absolute Gasteiger partial charge is 0.481 e. The number of carbonyl (C=O) groups is 1. The van der Waals surface area contributed by atoms with E-state index in [0.717, 1.165) is 30.0 Å². The Bertz CT molecular complexity index is 635. The van der Waals surface area contributed by atoms with E-state index in [1.807, 2.05) is 0 Å². The summed E-state index contributed by atoms with van der Waals surface area (Å²) in [5, 5.41) is 2.60. The molecule has 0 saturated heterocycles. The van der Waals surface area contributed by atoms with Gasteiger partial charge in [0.05, 0.1) is 24.7 Å². The monoisotopic (exact) mass is 310 g/mol. The normalized spacial score (nSPS) is 10.2. The Morgan fingerprint density at radius 3 is 2.81 bits per heavy atom. The van der Waals surface area contributed by atoms with Gasteiger partial charge in [0.15, 0.2) is 0 Å². The first-order chi connectivity index (χ1) is 10.1. The van der Waals surface area contributed by atoms with Gasteiger partial charge in [0.2, 0.25) is 11.8 Å². The van der Waals surface area contributed by atoms with Crippen molar-refractivity contribution in [1.29, 1.82) is 0 Å². The van der Waals surface area contributed by atoms with Crippen LogP contribution in [0, 0.1) is 11.6 Å². The topological polar surface area (TPSA) is 51.2 Å². The van der Waals surface area contributed by atoms with Crippen LogP contribution in [-0.4, -0.2) is 23.8 Å². The molecular weight excluding hydrogens is 298 g/mol. The molecule has 7 heteroatoms. The van der Waals surface area contributed by atoms with E-state index in [9.17, 15) is 13.6 Å². The molecule has 0 atom stereocenters. The Morgan fingerprint density at radius 1 is 1.33 bits per heavy atom. The number of rotatable bonds is 5. The fraction of sp³-hybridized carbons (Fsp3) is 0.143. The molecule has 0 aliphatic heterocycles. The highest BCUT2D eigenvalue weighted by molar-refractivity contribution is 8.00. The van der Waals surface area contributed by atoms with E-state index in [0.29, 0.717) is 11.6 Å². The van der Waals surface area contributed by atoms with Crippen LogP contribution in [0.15, 0.2) is 41.4 Å². The number of aromatic nitrogens is 1. The number of halogens is 2. The van der Waals surface area contributed by atoms with Gasteiger partial charge in [-0.3, -0.25) is 4.79 Å². The number of benzene rings is 1. The summed E-state index contributed by atoms with van der Waals surface area (Å²) >= 11 is 0.924. The van der Waals surface area contributed by atoms with Crippen molar-refractivity contribution in [1.82, 2.24) is 4.98 Å². The third-order valence-corrected chi connectivity index (χ3v) is 3.51. The van der Waals surface area contributed by atoms with Crippen LogP contribution < -0.4 is 10.1 Å². The lowest BCUT2D eigenvalue weighted by Gasteiger charge is -2.06. The van der Waals surface area contributed by atoms with Gasteiger partial charge in [0.1, 0.15) is 11.6 Å². The molecule has 1 aromatic heterocycles. The van der Waals surface area contributed by atoms with Gasteiger partial charge < -0.3 is 10.1 Å². The average Bonchev–Trinajstić information content (AvgIpc) is 2.49. The number of thioether (sulfide) groups is 1.